The average Bonchev–Trinajstić information content (AvgIpc) is 2.98. The molecule has 2 aromatic rings. The number of benzene rings is 2. The largest absolute Gasteiger partial charge is 0.326 e. The summed E-state index contributed by atoms with van der Waals surface area (Å²) >= 11 is 0. The zero-order valence-corrected chi connectivity index (χ0v) is 13.2. The average molecular weight is 308 g/mol. The maximum Gasteiger partial charge on any atom is 0.258 e. The molecule has 1 aliphatic heterocycles. The molecule has 0 aromatic heterocycles. The van der Waals surface area contributed by atoms with Crippen LogP contribution >= 0.6 is 0 Å². The number of rotatable bonds is 4. The molecule has 0 bridgehead atoms. The van der Waals surface area contributed by atoms with E-state index < -0.39 is 0 Å². The van der Waals surface area contributed by atoms with Gasteiger partial charge >= 0.3 is 0 Å². The lowest BCUT2D eigenvalue weighted by molar-refractivity contribution is -0.116. The quantitative estimate of drug-likeness (QED) is 0.937. The fraction of sp³-hybridized carbons (Fsp3) is 0.263. The molecule has 2 aromatic carbocycles. The number of nitrogens with zero attached hydrogens (tertiary/aromatic N) is 1. The van der Waals surface area contributed by atoms with E-state index in [0.29, 0.717) is 18.5 Å². The highest BCUT2D eigenvalue weighted by atomic mass is 16.2. The van der Waals surface area contributed by atoms with E-state index in [1.807, 2.05) is 60.4 Å². The lowest BCUT2D eigenvalue weighted by Gasteiger charge is -2.17. The van der Waals surface area contributed by atoms with Crippen molar-refractivity contribution in [3.63, 3.8) is 0 Å². The molecule has 0 unspecified atom stereocenters. The number of nitrogens with one attached hydrogen (secondary N) is 1. The first-order valence-electron chi connectivity index (χ1n) is 7.98. The summed E-state index contributed by atoms with van der Waals surface area (Å²) in [6, 6.07) is 15.1. The fourth-order valence-electron chi connectivity index (χ4n) is 2.88. The third-order valence-corrected chi connectivity index (χ3v) is 4.00. The molecule has 1 heterocycles. The third kappa shape index (κ3) is 3.26. The zero-order chi connectivity index (χ0) is 16.2. The van der Waals surface area contributed by atoms with Crippen LogP contribution in [-0.2, 0) is 11.2 Å². The van der Waals surface area contributed by atoms with Gasteiger partial charge in [-0.2, -0.15) is 0 Å². The van der Waals surface area contributed by atoms with Gasteiger partial charge in [-0.1, -0.05) is 25.1 Å². The summed E-state index contributed by atoms with van der Waals surface area (Å²) < 4.78 is 0. The summed E-state index contributed by atoms with van der Waals surface area (Å²) in [5.74, 6) is 0.0507. The van der Waals surface area contributed by atoms with Gasteiger partial charge in [0.05, 0.1) is 0 Å². The highest BCUT2D eigenvalue weighted by Crippen LogP contribution is 2.31. The number of anilines is 2. The highest BCUT2D eigenvalue weighted by molar-refractivity contribution is 6.07. The number of hydrogen-bond acceptors (Lipinski definition) is 2. The summed E-state index contributed by atoms with van der Waals surface area (Å²) in [5, 5.41) is 2.91. The first-order valence-corrected chi connectivity index (χ1v) is 7.98. The molecular formula is C19H20N2O2. The molecule has 0 radical (unpaired) electrons. The van der Waals surface area contributed by atoms with Crippen molar-refractivity contribution >= 4 is 23.2 Å². The van der Waals surface area contributed by atoms with Crippen molar-refractivity contribution in [1.29, 1.82) is 0 Å². The minimum Gasteiger partial charge on any atom is -0.326 e. The Balaban J connectivity index is 1.79. The number of hydrogen-bond donors (Lipinski definition) is 1. The van der Waals surface area contributed by atoms with Crippen LogP contribution in [0.1, 0.15) is 35.7 Å². The molecule has 1 aliphatic rings. The second kappa shape index (κ2) is 6.65. The molecule has 0 spiro atoms. The Bertz CT molecular complexity index is 725. The maximum atomic E-state index is 12.6. The van der Waals surface area contributed by atoms with Crippen molar-refractivity contribution in [1.82, 2.24) is 0 Å². The Hall–Kier alpha value is -2.62. The Morgan fingerprint density at radius 1 is 1.13 bits per heavy atom. The van der Waals surface area contributed by atoms with Crippen LogP contribution in [0.25, 0.3) is 0 Å². The zero-order valence-electron chi connectivity index (χ0n) is 13.2. The van der Waals surface area contributed by atoms with E-state index in [9.17, 15) is 9.59 Å². The minimum absolute atomic E-state index is 0.0205. The van der Waals surface area contributed by atoms with Crippen molar-refractivity contribution in [2.75, 3.05) is 16.8 Å². The fourth-order valence-corrected chi connectivity index (χ4v) is 2.88. The van der Waals surface area contributed by atoms with E-state index in [2.05, 4.69) is 5.32 Å². The van der Waals surface area contributed by atoms with Gasteiger partial charge in [0.15, 0.2) is 0 Å². The van der Waals surface area contributed by atoms with Crippen LogP contribution < -0.4 is 10.2 Å². The molecule has 23 heavy (non-hydrogen) atoms. The molecule has 0 fully saturated rings. The molecule has 118 valence electrons. The van der Waals surface area contributed by atoms with Gasteiger partial charge in [0.2, 0.25) is 5.91 Å². The second-order valence-electron chi connectivity index (χ2n) is 5.71. The van der Waals surface area contributed by atoms with Crippen LogP contribution in [0.3, 0.4) is 0 Å². The van der Waals surface area contributed by atoms with E-state index >= 15 is 0 Å². The summed E-state index contributed by atoms with van der Waals surface area (Å²) in [7, 11) is 0. The van der Waals surface area contributed by atoms with Crippen LogP contribution in [-0.4, -0.2) is 18.4 Å². The van der Waals surface area contributed by atoms with Crippen molar-refractivity contribution in [3.8, 4) is 0 Å². The standard InChI is InChI=1S/C19H20N2O2/c1-2-6-18(22)20-16-9-10-17-15(13-16)11-12-21(17)19(23)14-7-4-3-5-8-14/h3-5,7-10,13H,2,6,11-12H2,1H3,(H,20,22). The third-order valence-electron chi connectivity index (χ3n) is 4.00. The van der Waals surface area contributed by atoms with Gasteiger partial charge in [0.1, 0.15) is 0 Å². The minimum atomic E-state index is 0.0205. The van der Waals surface area contributed by atoms with Crippen LogP contribution in [0, 0.1) is 0 Å². The summed E-state index contributed by atoms with van der Waals surface area (Å²) in [6.45, 7) is 2.66. The first-order chi connectivity index (χ1) is 11.2. The van der Waals surface area contributed by atoms with E-state index in [1.54, 1.807) is 0 Å². The van der Waals surface area contributed by atoms with Crippen molar-refractivity contribution in [3.05, 3.63) is 59.7 Å². The molecular weight excluding hydrogens is 288 g/mol. The Labute approximate surface area is 136 Å². The van der Waals surface area contributed by atoms with Crippen LogP contribution in [0.4, 0.5) is 11.4 Å². The molecule has 4 nitrogen and oxygen atoms in total. The van der Waals surface area contributed by atoms with Gasteiger partial charge in [-0.15, -0.1) is 0 Å². The number of fused-ring (bicyclic) bond motifs is 1. The van der Waals surface area contributed by atoms with Gasteiger partial charge in [-0.25, -0.2) is 0 Å². The van der Waals surface area contributed by atoms with E-state index in [1.165, 1.54) is 0 Å². The van der Waals surface area contributed by atoms with Crippen molar-refractivity contribution in [2.24, 2.45) is 0 Å². The predicted octanol–water partition coefficient (Wildman–Crippen LogP) is 3.63. The van der Waals surface area contributed by atoms with Gasteiger partial charge in [0, 0.05) is 29.9 Å². The van der Waals surface area contributed by atoms with Crippen molar-refractivity contribution < 1.29 is 9.59 Å². The highest BCUT2D eigenvalue weighted by Gasteiger charge is 2.25. The normalized spacial score (nSPS) is 12.8. The Morgan fingerprint density at radius 3 is 2.65 bits per heavy atom. The second-order valence-corrected chi connectivity index (χ2v) is 5.71. The number of amides is 2. The topological polar surface area (TPSA) is 49.4 Å². The molecule has 4 heteroatoms. The SMILES string of the molecule is CCCC(=O)Nc1ccc2c(c1)CCN2C(=O)c1ccccc1. The predicted molar refractivity (Wildman–Crippen MR) is 91.8 cm³/mol. The summed E-state index contributed by atoms with van der Waals surface area (Å²) in [6.07, 6.45) is 2.16. The van der Waals surface area contributed by atoms with Crippen LogP contribution in [0.2, 0.25) is 0 Å². The van der Waals surface area contributed by atoms with Gasteiger partial charge in [-0.3, -0.25) is 9.59 Å². The molecule has 0 atom stereocenters. The number of carbonyl (C=O) groups excluding carboxylic acids is 2. The van der Waals surface area contributed by atoms with Gasteiger partial charge in [0.25, 0.3) is 5.91 Å². The van der Waals surface area contributed by atoms with Crippen LogP contribution in [0.15, 0.2) is 48.5 Å². The monoisotopic (exact) mass is 308 g/mol. The maximum absolute atomic E-state index is 12.6. The van der Waals surface area contributed by atoms with E-state index in [0.717, 1.165) is 29.8 Å². The number of carbonyl (C=O) groups is 2. The smallest absolute Gasteiger partial charge is 0.258 e. The van der Waals surface area contributed by atoms with E-state index in [4.69, 9.17) is 0 Å². The lowest BCUT2D eigenvalue weighted by Crippen LogP contribution is -2.28. The van der Waals surface area contributed by atoms with E-state index in [-0.39, 0.29) is 11.8 Å². The van der Waals surface area contributed by atoms with Crippen molar-refractivity contribution in [2.45, 2.75) is 26.2 Å². The summed E-state index contributed by atoms with van der Waals surface area (Å²) in [4.78, 5) is 26.1. The lowest BCUT2D eigenvalue weighted by atomic mass is 10.1. The molecule has 2 amide bonds. The van der Waals surface area contributed by atoms with Gasteiger partial charge in [-0.05, 0) is 48.7 Å². The molecule has 0 aliphatic carbocycles. The Kier molecular flexibility index (Phi) is 4.42. The summed E-state index contributed by atoms with van der Waals surface area (Å²) in [5.41, 5.74) is 3.54. The molecule has 1 N–H and O–H groups in total. The van der Waals surface area contributed by atoms with Crippen LogP contribution in [0.5, 0.6) is 0 Å². The molecule has 3 rings (SSSR count). The van der Waals surface area contributed by atoms with Gasteiger partial charge < -0.3 is 10.2 Å². The Morgan fingerprint density at radius 2 is 1.91 bits per heavy atom. The first kappa shape index (κ1) is 15.3. The molecule has 0 saturated carbocycles. The molecule has 0 saturated heterocycles.